The van der Waals surface area contributed by atoms with Crippen LogP contribution in [0.25, 0.3) is 0 Å². The van der Waals surface area contributed by atoms with Crippen LogP contribution in [0.2, 0.25) is 0 Å². The molecule has 0 radical (unpaired) electrons. The molecule has 0 rings (SSSR count). The molecule has 0 spiro atoms. The van der Waals surface area contributed by atoms with Gasteiger partial charge in [-0.25, -0.2) is 4.57 Å². The van der Waals surface area contributed by atoms with Gasteiger partial charge >= 0.3 is 7.82 Å². The van der Waals surface area contributed by atoms with Crippen molar-refractivity contribution in [2.24, 2.45) is 0 Å². The molecule has 0 aromatic heterocycles. The number of carbonyl (C=O) groups is 1. The molecule has 3 unspecified atom stereocenters. The molecule has 74 heavy (non-hydrogen) atoms. The van der Waals surface area contributed by atoms with Gasteiger partial charge in [-0.05, 0) is 32.1 Å². The van der Waals surface area contributed by atoms with E-state index < -0.39 is 20.0 Å². The number of phosphoric ester groups is 1. The number of hydrogen-bond acceptors (Lipinski definition) is 5. The Bertz CT molecular complexity index is 1260. The number of unbranched alkanes of at least 4 members (excludes halogenated alkanes) is 46. The number of hydrogen-bond donors (Lipinski definition) is 3. The van der Waals surface area contributed by atoms with Gasteiger partial charge in [-0.3, -0.25) is 13.8 Å². The summed E-state index contributed by atoms with van der Waals surface area (Å²) in [6.45, 7) is 4.81. The standard InChI is InChI=1S/C65H129N2O6P/c1-6-8-10-12-14-16-18-20-21-22-23-24-25-26-27-28-29-30-31-32-33-34-35-36-37-38-39-40-41-42-43-44-45-46-47-49-51-53-55-57-59-65(69)66-63(62-73-74(70,71)72-61-60-67(3,4)5)64(68)58-56-54-52-50-48-19-17-15-13-11-9-7-2/h48,50,56,58,63-64,68H,6-47,49,51-55,57,59-62H2,1-5H3,(H-,66,69,70,71)/p+1/b50-48+,58-56+. The van der Waals surface area contributed by atoms with Crippen LogP contribution in [0, 0.1) is 0 Å². The number of carbonyl (C=O) groups excluding carboxylic acids is 1. The molecule has 0 aliphatic rings. The minimum absolute atomic E-state index is 0.0585. The van der Waals surface area contributed by atoms with Gasteiger partial charge in [0.25, 0.3) is 0 Å². The molecule has 0 aromatic carbocycles. The Hall–Kier alpha value is -1.02. The lowest BCUT2D eigenvalue weighted by Gasteiger charge is -2.25. The number of allylic oxidation sites excluding steroid dienone is 3. The van der Waals surface area contributed by atoms with Gasteiger partial charge in [0.2, 0.25) is 5.91 Å². The van der Waals surface area contributed by atoms with Crippen LogP contribution in [-0.4, -0.2) is 73.4 Å². The zero-order valence-electron chi connectivity index (χ0n) is 50.4. The molecule has 0 saturated carbocycles. The number of likely N-dealkylation sites (N-methyl/N-ethyl adjacent to an activating group) is 1. The van der Waals surface area contributed by atoms with E-state index in [1.54, 1.807) is 6.08 Å². The fraction of sp³-hybridized carbons (Fsp3) is 0.923. The number of rotatable bonds is 61. The van der Waals surface area contributed by atoms with Crippen LogP contribution in [0.4, 0.5) is 0 Å². The highest BCUT2D eigenvalue weighted by molar-refractivity contribution is 7.47. The fourth-order valence-corrected chi connectivity index (χ4v) is 10.8. The smallest absolute Gasteiger partial charge is 0.387 e. The first-order valence-corrected chi connectivity index (χ1v) is 34.2. The van der Waals surface area contributed by atoms with Gasteiger partial charge in [-0.1, -0.05) is 321 Å². The highest BCUT2D eigenvalue weighted by Crippen LogP contribution is 2.43. The Balaban J connectivity index is 3.80. The molecule has 0 aromatic rings. The molecule has 0 heterocycles. The molecule has 0 aliphatic heterocycles. The van der Waals surface area contributed by atoms with Crippen molar-refractivity contribution in [1.82, 2.24) is 5.32 Å². The predicted molar refractivity (Wildman–Crippen MR) is 323 cm³/mol. The van der Waals surface area contributed by atoms with E-state index >= 15 is 0 Å². The van der Waals surface area contributed by atoms with Crippen molar-refractivity contribution in [3.8, 4) is 0 Å². The Labute approximate surface area is 462 Å². The molecule has 8 nitrogen and oxygen atoms in total. The van der Waals surface area contributed by atoms with Crippen LogP contribution >= 0.6 is 7.82 Å². The van der Waals surface area contributed by atoms with Crippen molar-refractivity contribution in [1.29, 1.82) is 0 Å². The maximum Gasteiger partial charge on any atom is 0.472 e. The molecular formula is C65H130N2O6P+. The first kappa shape index (κ1) is 73.0. The minimum atomic E-state index is -4.35. The second-order valence-corrected chi connectivity index (χ2v) is 25.3. The molecular weight excluding hydrogens is 936 g/mol. The van der Waals surface area contributed by atoms with Crippen molar-refractivity contribution in [2.45, 2.75) is 347 Å². The molecule has 1 amide bonds. The summed E-state index contributed by atoms with van der Waals surface area (Å²) in [7, 11) is 1.57. The van der Waals surface area contributed by atoms with Gasteiger partial charge < -0.3 is 19.8 Å². The quantitative estimate of drug-likeness (QED) is 0.0243. The number of nitrogens with zero attached hydrogens (tertiary/aromatic N) is 1. The summed E-state index contributed by atoms with van der Waals surface area (Å²) in [4.78, 5) is 23.3. The average Bonchev–Trinajstić information content (AvgIpc) is 3.36. The number of aliphatic hydroxyl groups excluding tert-OH is 1. The van der Waals surface area contributed by atoms with Gasteiger partial charge in [-0.2, -0.15) is 0 Å². The summed E-state index contributed by atoms with van der Waals surface area (Å²) in [5.74, 6) is -0.181. The Morgan fingerprint density at radius 1 is 0.446 bits per heavy atom. The van der Waals surface area contributed by atoms with E-state index in [0.29, 0.717) is 17.4 Å². The SMILES string of the molecule is CCCCCCCC/C=C/CC/C=C/C(O)C(COP(=O)(O)OCC[N+](C)(C)C)NC(=O)CCCCCCCCCCCCCCCCCCCCCCCCCCCCCCCCCCCCCCCCCC. The summed E-state index contributed by atoms with van der Waals surface area (Å²) < 4.78 is 23.6. The van der Waals surface area contributed by atoms with Crippen molar-refractivity contribution < 1.29 is 32.9 Å². The largest absolute Gasteiger partial charge is 0.472 e. The predicted octanol–water partition coefficient (Wildman–Crippen LogP) is 20.3. The maximum atomic E-state index is 13.0. The average molecular weight is 1070 g/mol. The molecule has 0 aliphatic carbocycles. The van der Waals surface area contributed by atoms with E-state index in [1.165, 1.54) is 276 Å². The molecule has 0 fully saturated rings. The summed E-state index contributed by atoms with van der Waals surface area (Å²) in [6, 6.07) is -0.859. The minimum Gasteiger partial charge on any atom is -0.387 e. The van der Waals surface area contributed by atoms with Crippen molar-refractivity contribution in [2.75, 3.05) is 40.9 Å². The van der Waals surface area contributed by atoms with E-state index in [9.17, 15) is 19.4 Å². The molecule has 0 bridgehead atoms. The third kappa shape index (κ3) is 58.7. The lowest BCUT2D eigenvalue weighted by Crippen LogP contribution is -2.45. The van der Waals surface area contributed by atoms with E-state index in [1.807, 2.05) is 27.2 Å². The number of quaternary nitrogens is 1. The number of nitrogens with one attached hydrogen (secondary N) is 1. The zero-order valence-corrected chi connectivity index (χ0v) is 51.3. The van der Waals surface area contributed by atoms with Crippen molar-refractivity contribution in [3.63, 3.8) is 0 Å². The highest BCUT2D eigenvalue weighted by atomic mass is 31.2. The number of amides is 1. The lowest BCUT2D eigenvalue weighted by molar-refractivity contribution is -0.870. The Kier molecular flexibility index (Phi) is 55.9. The molecule has 3 atom stereocenters. The summed E-state index contributed by atoms with van der Waals surface area (Å²) in [5, 5.41) is 13.9. The lowest BCUT2D eigenvalue weighted by atomic mass is 10.0. The van der Waals surface area contributed by atoms with E-state index in [2.05, 4.69) is 31.3 Å². The third-order valence-electron chi connectivity index (χ3n) is 15.2. The Morgan fingerprint density at radius 2 is 0.743 bits per heavy atom. The van der Waals surface area contributed by atoms with Crippen LogP contribution in [0.3, 0.4) is 0 Å². The molecule has 0 saturated heterocycles. The van der Waals surface area contributed by atoms with Gasteiger partial charge in [0, 0.05) is 6.42 Å². The third-order valence-corrected chi connectivity index (χ3v) is 16.2. The van der Waals surface area contributed by atoms with Crippen molar-refractivity contribution in [3.05, 3.63) is 24.3 Å². The highest BCUT2D eigenvalue weighted by Gasteiger charge is 2.28. The Morgan fingerprint density at radius 3 is 1.08 bits per heavy atom. The molecule has 9 heteroatoms. The second-order valence-electron chi connectivity index (χ2n) is 23.8. The van der Waals surface area contributed by atoms with Gasteiger partial charge in [-0.15, -0.1) is 0 Å². The second kappa shape index (κ2) is 56.7. The summed E-state index contributed by atoms with van der Waals surface area (Å²) in [6.07, 6.45) is 73.5. The summed E-state index contributed by atoms with van der Waals surface area (Å²) >= 11 is 0. The van der Waals surface area contributed by atoms with Crippen LogP contribution in [0.1, 0.15) is 335 Å². The normalized spacial score (nSPS) is 13.9. The molecule has 440 valence electrons. The first-order chi connectivity index (χ1) is 36.0. The molecule has 3 N–H and O–H groups in total. The zero-order chi connectivity index (χ0) is 54.2. The maximum absolute atomic E-state index is 13.0. The van der Waals surface area contributed by atoms with Gasteiger partial charge in [0.15, 0.2) is 0 Å². The summed E-state index contributed by atoms with van der Waals surface area (Å²) in [5.41, 5.74) is 0. The number of phosphoric acid groups is 1. The monoisotopic (exact) mass is 1070 g/mol. The van der Waals surface area contributed by atoms with E-state index in [4.69, 9.17) is 9.05 Å². The van der Waals surface area contributed by atoms with Crippen LogP contribution in [-0.2, 0) is 18.4 Å². The topological polar surface area (TPSA) is 105 Å². The first-order valence-electron chi connectivity index (χ1n) is 32.7. The van der Waals surface area contributed by atoms with Gasteiger partial charge in [0.05, 0.1) is 39.9 Å². The van der Waals surface area contributed by atoms with E-state index in [-0.39, 0.29) is 19.1 Å². The van der Waals surface area contributed by atoms with Crippen LogP contribution < -0.4 is 5.32 Å². The number of aliphatic hydroxyl groups is 1. The van der Waals surface area contributed by atoms with E-state index in [0.717, 1.165) is 38.5 Å². The fourth-order valence-electron chi connectivity index (χ4n) is 10.1. The van der Waals surface area contributed by atoms with Crippen LogP contribution in [0.15, 0.2) is 24.3 Å². The van der Waals surface area contributed by atoms with Gasteiger partial charge in [0.1, 0.15) is 13.2 Å². The van der Waals surface area contributed by atoms with Crippen molar-refractivity contribution >= 4 is 13.7 Å². The van der Waals surface area contributed by atoms with Crippen LogP contribution in [0.5, 0.6) is 0 Å².